The summed E-state index contributed by atoms with van der Waals surface area (Å²) in [7, 11) is -4.47. The van der Waals surface area contributed by atoms with E-state index in [4.69, 9.17) is 23.2 Å². The second-order valence-corrected chi connectivity index (χ2v) is 10.5. The molecule has 1 amide bonds. The average molecular weight is 512 g/mol. The van der Waals surface area contributed by atoms with Gasteiger partial charge in [-0.15, -0.1) is 0 Å². The van der Waals surface area contributed by atoms with E-state index in [0.717, 1.165) is 19.3 Å². The third kappa shape index (κ3) is 5.23. The van der Waals surface area contributed by atoms with Crippen LogP contribution in [0.2, 0.25) is 5.02 Å². The third-order valence-electron chi connectivity index (χ3n) is 5.53. The number of nitrogens with zero attached hydrogens (tertiary/aromatic N) is 2. The number of aromatic nitrogens is 1. The van der Waals surface area contributed by atoms with Gasteiger partial charge in [-0.05, 0) is 50.7 Å². The van der Waals surface area contributed by atoms with E-state index in [9.17, 15) is 26.4 Å². The van der Waals surface area contributed by atoms with E-state index in [2.05, 4.69) is 9.71 Å². The van der Waals surface area contributed by atoms with Crippen LogP contribution < -0.4 is 4.72 Å². The monoisotopic (exact) mass is 511 g/mol. The molecule has 0 bridgehead atoms. The summed E-state index contributed by atoms with van der Waals surface area (Å²) in [6.45, 7) is 3.84. The Labute approximate surface area is 194 Å². The normalized spacial score (nSPS) is 22.6. The lowest BCUT2D eigenvalue weighted by molar-refractivity contribution is -0.0890. The van der Waals surface area contributed by atoms with Gasteiger partial charge in [-0.1, -0.05) is 30.1 Å². The fourth-order valence-corrected chi connectivity index (χ4v) is 5.85. The molecule has 3 rings (SSSR count). The fourth-order valence-electron chi connectivity index (χ4n) is 3.85. The van der Waals surface area contributed by atoms with Gasteiger partial charge in [0.25, 0.3) is 15.9 Å². The van der Waals surface area contributed by atoms with Crippen molar-refractivity contribution < 1.29 is 26.4 Å². The van der Waals surface area contributed by atoms with Crippen LogP contribution in [0.15, 0.2) is 33.8 Å². The van der Waals surface area contributed by atoms with Crippen LogP contribution in [0, 0.1) is 5.92 Å². The van der Waals surface area contributed by atoms with E-state index in [1.807, 2.05) is 6.92 Å². The van der Waals surface area contributed by atoms with Crippen LogP contribution in [0.25, 0.3) is 0 Å². The van der Waals surface area contributed by atoms with Crippen molar-refractivity contribution in [3.63, 3.8) is 0 Å². The lowest BCUT2D eigenvalue weighted by Gasteiger charge is -2.33. The first-order valence-corrected chi connectivity index (χ1v) is 12.2. The molecule has 1 saturated heterocycles. The van der Waals surface area contributed by atoms with Crippen molar-refractivity contribution in [2.45, 2.75) is 51.7 Å². The number of alkyl halides is 3. The third-order valence-corrected chi connectivity index (χ3v) is 7.72. The van der Waals surface area contributed by atoms with Crippen LogP contribution in [-0.4, -0.2) is 43.0 Å². The van der Waals surface area contributed by atoms with E-state index < -0.39 is 43.5 Å². The molecular weight excluding hydrogens is 490 g/mol. The highest BCUT2D eigenvalue weighted by Crippen LogP contribution is 2.41. The number of piperidine rings is 1. The molecule has 0 spiro atoms. The molecule has 32 heavy (non-hydrogen) atoms. The predicted molar refractivity (Wildman–Crippen MR) is 117 cm³/mol. The Kier molecular flexibility index (Phi) is 7.17. The fraction of sp³-hybridized carbons (Fsp3) is 0.500. The Balaban J connectivity index is 1.99. The maximum Gasteiger partial charge on any atom is 0.417 e. The molecule has 2 heterocycles. The van der Waals surface area contributed by atoms with Crippen LogP contribution in [-0.2, 0) is 10.0 Å². The highest BCUT2D eigenvalue weighted by molar-refractivity contribution is 7.96. The van der Waals surface area contributed by atoms with Gasteiger partial charge in [0.2, 0.25) is 0 Å². The second-order valence-electron chi connectivity index (χ2n) is 7.97. The SMILES string of the molecule is CC1CC(Cl)=C(C(F)(F)F)C=C1S(=O)(=O)Nc1cc(Cl)cnc1C(=O)N1CCCC[C@H]1C. The van der Waals surface area contributed by atoms with Crippen LogP contribution >= 0.6 is 23.2 Å². The van der Waals surface area contributed by atoms with Crippen LogP contribution in [0.4, 0.5) is 18.9 Å². The summed E-state index contributed by atoms with van der Waals surface area (Å²) in [5.74, 6) is -1.28. The molecule has 2 aliphatic rings. The van der Waals surface area contributed by atoms with E-state index in [0.29, 0.717) is 12.6 Å². The number of carbonyl (C=O) groups excluding carboxylic acids is 1. The first-order valence-electron chi connectivity index (χ1n) is 9.98. The Morgan fingerprint density at radius 2 is 1.94 bits per heavy atom. The lowest BCUT2D eigenvalue weighted by atomic mass is 9.97. The van der Waals surface area contributed by atoms with Crippen molar-refractivity contribution in [1.29, 1.82) is 0 Å². The molecule has 0 radical (unpaired) electrons. The summed E-state index contributed by atoms with van der Waals surface area (Å²) in [6, 6.07) is 1.16. The van der Waals surface area contributed by atoms with Gasteiger partial charge in [0, 0.05) is 23.8 Å². The zero-order valence-corrected chi connectivity index (χ0v) is 19.7. The number of nitrogens with one attached hydrogen (secondary N) is 1. The van der Waals surface area contributed by atoms with Gasteiger partial charge >= 0.3 is 6.18 Å². The zero-order valence-electron chi connectivity index (χ0n) is 17.3. The predicted octanol–water partition coefficient (Wildman–Crippen LogP) is 5.47. The van der Waals surface area contributed by atoms with E-state index in [-0.39, 0.29) is 28.9 Å². The molecule has 1 fully saturated rings. The average Bonchev–Trinajstić information content (AvgIpc) is 2.66. The largest absolute Gasteiger partial charge is 0.417 e. The van der Waals surface area contributed by atoms with Crippen molar-refractivity contribution in [1.82, 2.24) is 9.88 Å². The van der Waals surface area contributed by atoms with Crippen molar-refractivity contribution in [2.24, 2.45) is 5.92 Å². The first kappa shape index (κ1) is 24.9. The number of amides is 1. The van der Waals surface area contributed by atoms with Gasteiger partial charge in [-0.2, -0.15) is 13.2 Å². The topological polar surface area (TPSA) is 79.4 Å². The number of allylic oxidation sites excluding steroid dienone is 4. The minimum Gasteiger partial charge on any atom is -0.335 e. The van der Waals surface area contributed by atoms with Crippen LogP contribution in [0.1, 0.15) is 50.0 Å². The van der Waals surface area contributed by atoms with E-state index in [1.54, 1.807) is 4.90 Å². The van der Waals surface area contributed by atoms with Gasteiger partial charge in [0.1, 0.15) is 0 Å². The standard InChI is InChI=1S/C20H22Cl2F3N3O3S/c1-11-7-15(22)14(20(23,24)25)9-17(11)32(30,31)27-16-8-13(21)10-26-18(16)19(29)28-6-4-3-5-12(28)2/h8-12,27H,3-7H2,1-2H3/t11?,12-/m1/s1. The first-order chi connectivity index (χ1) is 14.8. The van der Waals surface area contributed by atoms with Gasteiger partial charge in [-0.25, -0.2) is 13.4 Å². The molecule has 6 nitrogen and oxygen atoms in total. The highest BCUT2D eigenvalue weighted by Gasteiger charge is 2.40. The number of hydrogen-bond donors (Lipinski definition) is 1. The maximum atomic E-state index is 13.3. The summed E-state index contributed by atoms with van der Waals surface area (Å²) in [5.41, 5.74) is -1.57. The molecular formula is C20H22Cl2F3N3O3S. The molecule has 1 N–H and O–H groups in total. The molecule has 1 aliphatic heterocycles. The molecule has 0 saturated carbocycles. The number of anilines is 1. The van der Waals surface area contributed by atoms with Gasteiger partial charge in [0.05, 0.1) is 21.2 Å². The number of pyridine rings is 1. The maximum absolute atomic E-state index is 13.3. The number of hydrogen-bond acceptors (Lipinski definition) is 4. The molecule has 1 aliphatic carbocycles. The highest BCUT2D eigenvalue weighted by atomic mass is 35.5. The Morgan fingerprint density at radius 3 is 2.56 bits per heavy atom. The molecule has 176 valence electrons. The summed E-state index contributed by atoms with van der Waals surface area (Å²) < 4.78 is 68.2. The Morgan fingerprint density at radius 1 is 1.25 bits per heavy atom. The quantitative estimate of drug-likeness (QED) is 0.581. The molecule has 2 atom stereocenters. The second kappa shape index (κ2) is 9.23. The minimum atomic E-state index is -4.80. The molecule has 12 heteroatoms. The van der Waals surface area contributed by atoms with Gasteiger partial charge in [-0.3, -0.25) is 9.52 Å². The van der Waals surface area contributed by atoms with E-state index >= 15 is 0 Å². The molecule has 1 unspecified atom stereocenters. The number of carbonyl (C=O) groups is 1. The minimum absolute atomic E-state index is 0.0547. The van der Waals surface area contributed by atoms with Crippen LogP contribution in [0.5, 0.6) is 0 Å². The number of sulfonamides is 1. The summed E-state index contributed by atoms with van der Waals surface area (Å²) in [6.07, 6.45) is -0.753. The Bertz CT molecular complexity index is 1090. The van der Waals surface area contributed by atoms with Crippen molar-refractivity contribution in [2.75, 3.05) is 11.3 Å². The molecule has 1 aromatic rings. The summed E-state index contributed by atoms with van der Waals surface area (Å²) in [5, 5.41) is -0.390. The number of halogens is 5. The van der Waals surface area contributed by atoms with Crippen LogP contribution in [0.3, 0.4) is 0 Å². The van der Waals surface area contributed by atoms with Gasteiger partial charge < -0.3 is 4.90 Å². The van der Waals surface area contributed by atoms with E-state index in [1.165, 1.54) is 19.2 Å². The number of likely N-dealkylation sites (tertiary alicyclic amines) is 1. The summed E-state index contributed by atoms with van der Waals surface area (Å²) in [4.78, 5) is 18.2. The smallest absolute Gasteiger partial charge is 0.335 e. The molecule has 1 aromatic heterocycles. The Hall–Kier alpha value is -1.78. The summed E-state index contributed by atoms with van der Waals surface area (Å²) >= 11 is 11.7. The lowest BCUT2D eigenvalue weighted by Crippen LogP contribution is -2.42. The molecule has 0 aromatic carbocycles. The van der Waals surface area contributed by atoms with Gasteiger partial charge in [0.15, 0.2) is 5.69 Å². The van der Waals surface area contributed by atoms with Crippen molar-refractivity contribution in [3.8, 4) is 0 Å². The number of rotatable bonds is 4. The zero-order chi connectivity index (χ0) is 23.8. The van der Waals surface area contributed by atoms with Crippen molar-refractivity contribution in [3.05, 3.63) is 44.6 Å². The van der Waals surface area contributed by atoms with Crippen molar-refractivity contribution >= 4 is 44.8 Å².